The number of phenolic OH excluding ortho intramolecular Hbond substituents is 1. The van der Waals surface area contributed by atoms with Crippen molar-refractivity contribution in [2.45, 2.75) is 6.42 Å². The second-order valence-corrected chi connectivity index (χ2v) is 7.63. The van der Waals surface area contributed by atoms with E-state index in [1.165, 1.54) is 12.3 Å². The number of hydrazone groups is 1. The fraction of sp³-hybridized carbons (Fsp3) is 0.0357. The smallest absolute Gasteiger partial charge is 0.249 e. The summed E-state index contributed by atoms with van der Waals surface area (Å²) in [5.41, 5.74) is 6.43. The van der Waals surface area contributed by atoms with Gasteiger partial charge in [-0.3, -0.25) is 9.59 Å². The molecule has 3 N–H and O–H groups in total. The number of carbonyl (C=O) groups excluding carboxylic acids is 2. The minimum atomic E-state index is -0.565. The van der Waals surface area contributed by atoms with E-state index in [0.29, 0.717) is 0 Å². The molecule has 4 aromatic carbocycles. The lowest BCUT2D eigenvalue weighted by molar-refractivity contribution is -0.126. The van der Waals surface area contributed by atoms with E-state index < -0.39 is 18.2 Å². The van der Waals surface area contributed by atoms with Crippen LogP contribution in [0.3, 0.4) is 0 Å². The molecule has 0 heterocycles. The van der Waals surface area contributed by atoms with Crippen LogP contribution in [-0.2, 0) is 9.59 Å². The molecule has 0 aromatic heterocycles. The van der Waals surface area contributed by atoms with Crippen molar-refractivity contribution in [1.82, 2.24) is 5.43 Å². The standard InChI is InChI=1S/C28H24N4O3/c33-26-14-8-7-13-25(26)30-27(34)19-28(35)31-29-20-21-15-17-24(18-16-21)32(22-9-3-1-4-10-22)23-11-5-2-6-12-23/h1-18,20,33H,19H2,(H,30,34)(H,31,35)/b29-20+. The van der Waals surface area contributed by atoms with Gasteiger partial charge in [0.25, 0.3) is 0 Å². The number of nitrogens with one attached hydrogen (secondary N) is 2. The third kappa shape index (κ3) is 6.33. The van der Waals surface area contributed by atoms with Gasteiger partial charge in [0.05, 0.1) is 11.9 Å². The van der Waals surface area contributed by atoms with Gasteiger partial charge >= 0.3 is 0 Å². The van der Waals surface area contributed by atoms with Crippen LogP contribution in [-0.4, -0.2) is 23.1 Å². The first-order valence-electron chi connectivity index (χ1n) is 11.0. The Morgan fingerprint density at radius 1 is 0.714 bits per heavy atom. The van der Waals surface area contributed by atoms with Crippen molar-refractivity contribution in [3.05, 3.63) is 115 Å². The van der Waals surface area contributed by atoms with Gasteiger partial charge in [-0.2, -0.15) is 5.10 Å². The molecule has 0 aliphatic rings. The average Bonchev–Trinajstić information content (AvgIpc) is 2.88. The van der Waals surface area contributed by atoms with Crippen LogP contribution in [0.2, 0.25) is 0 Å². The van der Waals surface area contributed by atoms with Crippen LogP contribution in [0.1, 0.15) is 12.0 Å². The number of nitrogens with zero attached hydrogens (tertiary/aromatic N) is 2. The Morgan fingerprint density at radius 2 is 1.26 bits per heavy atom. The zero-order valence-corrected chi connectivity index (χ0v) is 18.8. The first kappa shape index (κ1) is 23.3. The maximum Gasteiger partial charge on any atom is 0.249 e. The number of carbonyl (C=O) groups is 2. The van der Waals surface area contributed by atoms with E-state index in [1.54, 1.807) is 18.2 Å². The molecule has 0 saturated carbocycles. The molecular weight excluding hydrogens is 440 g/mol. The highest BCUT2D eigenvalue weighted by Crippen LogP contribution is 2.33. The predicted molar refractivity (Wildman–Crippen MR) is 138 cm³/mol. The lowest BCUT2D eigenvalue weighted by Crippen LogP contribution is -2.24. The van der Waals surface area contributed by atoms with Crippen molar-refractivity contribution < 1.29 is 14.7 Å². The summed E-state index contributed by atoms with van der Waals surface area (Å²) >= 11 is 0. The summed E-state index contributed by atoms with van der Waals surface area (Å²) in [6, 6.07) is 34.2. The fourth-order valence-electron chi connectivity index (χ4n) is 3.45. The van der Waals surface area contributed by atoms with Crippen molar-refractivity contribution >= 4 is 40.8 Å². The summed E-state index contributed by atoms with van der Waals surface area (Å²) in [7, 11) is 0. The number of rotatable bonds is 8. The third-order valence-corrected chi connectivity index (χ3v) is 5.08. The minimum Gasteiger partial charge on any atom is -0.506 e. The lowest BCUT2D eigenvalue weighted by atomic mass is 10.1. The summed E-state index contributed by atoms with van der Waals surface area (Å²) in [5.74, 6) is -1.18. The fourth-order valence-corrected chi connectivity index (χ4v) is 3.45. The van der Waals surface area contributed by atoms with E-state index >= 15 is 0 Å². The van der Waals surface area contributed by atoms with Gasteiger partial charge < -0.3 is 15.3 Å². The molecule has 0 radical (unpaired) electrons. The summed E-state index contributed by atoms with van der Waals surface area (Å²) in [6.07, 6.45) is 1.09. The van der Waals surface area contributed by atoms with E-state index in [2.05, 4.69) is 20.7 Å². The van der Waals surface area contributed by atoms with Crippen LogP contribution in [0.15, 0.2) is 114 Å². The van der Waals surface area contributed by atoms with Crippen LogP contribution in [0.5, 0.6) is 5.75 Å². The number of aromatic hydroxyl groups is 1. The van der Waals surface area contributed by atoms with Crippen LogP contribution in [0, 0.1) is 0 Å². The van der Waals surface area contributed by atoms with Gasteiger partial charge in [-0.15, -0.1) is 0 Å². The highest BCUT2D eigenvalue weighted by atomic mass is 16.3. The van der Waals surface area contributed by atoms with Gasteiger partial charge in [-0.25, -0.2) is 5.43 Å². The zero-order valence-electron chi connectivity index (χ0n) is 18.8. The number of amides is 2. The quantitative estimate of drug-likeness (QED) is 0.142. The Kier molecular flexibility index (Phi) is 7.50. The summed E-state index contributed by atoms with van der Waals surface area (Å²) in [5, 5.41) is 16.1. The Balaban J connectivity index is 1.37. The summed E-state index contributed by atoms with van der Waals surface area (Å²) in [4.78, 5) is 26.2. The van der Waals surface area contributed by atoms with Crippen molar-refractivity contribution in [3.63, 3.8) is 0 Å². The largest absolute Gasteiger partial charge is 0.506 e. The van der Waals surface area contributed by atoms with Crippen molar-refractivity contribution in [2.75, 3.05) is 10.2 Å². The normalized spacial score (nSPS) is 10.6. The Morgan fingerprint density at radius 3 is 1.86 bits per heavy atom. The second kappa shape index (κ2) is 11.3. The highest BCUT2D eigenvalue weighted by molar-refractivity contribution is 6.04. The number of anilines is 4. The Hall–Kier alpha value is -4.91. The molecule has 174 valence electrons. The summed E-state index contributed by atoms with van der Waals surface area (Å²) in [6.45, 7) is 0. The molecule has 0 atom stereocenters. The lowest BCUT2D eigenvalue weighted by Gasteiger charge is -2.25. The topological polar surface area (TPSA) is 94.0 Å². The van der Waals surface area contributed by atoms with Crippen LogP contribution < -0.4 is 15.6 Å². The maximum atomic E-state index is 12.0. The molecule has 0 bridgehead atoms. The first-order chi connectivity index (χ1) is 17.1. The van der Waals surface area contributed by atoms with Gasteiger partial charge in [0.1, 0.15) is 12.2 Å². The Labute approximate surface area is 203 Å². The molecule has 4 aromatic rings. The SMILES string of the molecule is O=C(CC(=O)Nc1ccccc1O)N/N=C/c1ccc(N(c2ccccc2)c2ccccc2)cc1. The number of benzene rings is 4. The molecule has 0 aliphatic heterocycles. The van der Waals surface area contributed by atoms with Crippen molar-refractivity contribution in [2.24, 2.45) is 5.10 Å². The molecule has 4 rings (SSSR count). The van der Waals surface area contributed by atoms with Crippen molar-refractivity contribution in [1.29, 1.82) is 0 Å². The maximum absolute atomic E-state index is 12.0. The molecule has 0 fully saturated rings. The zero-order chi connectivity index (χ0) is 24.5. The monoisotopic (exact) mass is 464 g/mol. The van der Waals surface area contributed by atoms with Gasteiger partial charge in [0, 0.05) is 17.1 Å². The molecule has 0 unspecified atom stereocenters. The molecule has 0 aliphatic carbocycles. The molecule has 2 amide bonds. The minimum absolute atomic E-state index is 0.0687. The van der Waals surface area contributed by atoms with E-state index in [0.717, 1.165) is 22.6 Å². The van der Waals surface area contributed by atoms with Gasteiger partial charge in [0.15, 0.2) is 0 Å². The van der Waals surface area contributed by atoms with Gasteiger partial charge in [-0.1, -0.05) is 60.7 Å². The van der Waals surface area contributed by atoms with E-state index in [4.69, 9.17) is 0 Å². The number of phenols is 1. The predicted octanol–water partition coefficient (Wildman–Crippen LogP) is 5.34. The van der Waals surface area contributed by atoms with E-state index in [1.807, 2.05) is 84.9 Å². The molecule has 7 nitrogen and oxygen atoms in total. The molecule has 0 spiro atoms. The number of hydrogen-bond donors (Lipinski definition) is 3. The number of para-hydroxylation sites is 4. The molecule has 7 heteroatoms. The van der Waals surface area contributed by atoms with E-state index in [9.17, 15) is 14.7 Å². The highest BCUT2D eigenvalue weighted by Gasteiger charge is 2.12. The third-order valence-electron chi connectivity index (χ3n) is 5.08. The van der Waals surface area contributed by atoms with Crippen LogP contribution >= 0.6 is 0 Å². The Bertz CT molecular complexity index is 1270. The molecule has 35 heavy (non-hydrogen) atoms. The van der Waals surface area contributed by atoms with Crippen LogP contribution in [0.4, 0.5) is 22.7 Å². The number of hydrogen-bond acceptors (Lipinski definition) is 5. The molecule has 0 saturated heterocycles. The average molecular weight is 465 g/mol. The van der Waals surface area contributed by atoms with Gasteiger partial charge in [0.2, 0.25) is 11.8 Å². The first-order valence-corrected chi connectivity index (χ1v) is 11.0. The molecular formula is C28H24N4O3. The van der Waals surface area contributed by atoms with Crippen molar-refractivity contribution in [3.8, 4) is 5.75 Å². The van der Waals surface area contributed by atoms with Gasteiger partial charge in [-0.05, 0) is 54.1 Å². The summed E-state index contributed by atoms with van der Waals surface area (Å²) < 4.78 is 0. The van der Waals surface area contributed by atoms with E-state index in [-0.39, 0.29) is 11.4 Å². The second-order valence-electron chi connectivity index (χ2n) is 7.63. The van der Waals surface area contributed by atoms with Crippen LogP contribution in [0.25, 0.3) is 0 Å².